The molecule has 0 aliphatic carbocycles. The summed E-state index contributed by atoms with van der Waals surface area (Å²) in [5.74, 6) is 0. The Labute approximate surface area is 125 Å². The van der Waals surface area contributed by atoms with Gasteiger partial charge >= 0.3 is 0 Å². The van der Waals surface area contributed by atoms with Gasteiger partial charge in [-0.15, -0.1) is 0 Å². The summed E-state index contributed by atoms with van der Waals surface area (Å²) in [7, 11) is 0. The molecule has 96 valence electrons. The Morgan fingerprint density at radius 3 is 2.47 bits per heavy atom. The van der Waals surface area contributed by atoms with Crippen molar-refractivity contribution >= 4 is 38.5 Å². The average molecular weight is 413 g/mol. The number of hydrogen-bond donors (Lipinski definition) is 0. The van der Waals surface area contributed by atoms with Crippen LogP contribution >= 0.6 is 38.5 Å². The van der Waals surface area contributed by atoms with Gasteiger partial charge in [-0.25, -0.2) is 0 Å². The monoisotopic (exact) mass is 412 g/mol. The first-order chi connectivity index (χ1) is 8.27. The van der Waals surface area contributed by atoms with E-state index in [9.17, 15) is 0 Å². The van der Waals surface area contributed by atoms with Gasteiger partial charge in [-0.2, -0.15) is 0 Å². The van der Waals surface area contributed by atoms with E-state index in [1.54, 1.807) is 0 Å². The highest BCUT2D eigenvalue weighted by Gasteiger charge is 2.09. The van der Waals surface area contributed by atoms with Gasteiger partial charge in [0.15, 0.2) is 0 Å². The van der Waals surface area contributed by atoms with E-state index in [0.29, 0.717) is 13.2 Å². The fourth-order valence-electron chi connectivity index (χ4n) is 1.40. The lowest BCUT2D eigenvalue weighted by Crippen LogP contribution is -2.11. The zero-order valence-electron chi connectivity index (χ0n) is 9.99. The summed E-state index contributed by atoms with van der Waals surface area (Å²) in [6.45, 7) is 4.26. The Bertz CT molecular complexity index is 303. The van der Waals surface area contributed by atoms with Crippen LogP contribution < -0.4 is 0 Å². The van der Waals surface area contributed by atoms with Crippen LogP contribution in [0.25, 0.3) is 0 Å². The number of alkyl halides is 1. The molecule has 4 heteroatoms. The van der Waals surface area contributed by atoms with Crippen molar-refractivity contribution in [2.75, 3.05) is 24.2 Å². The van der Waals surface area contributed by atoms with Crippen LogP contribution in [0, 0.1) is 0 Å². The highest BCUT2D eigenvalue weighted by Crippen LogP contribution is 2.21. The highest BCUT2D eigenvalue weighted by molar-refractivity contribution is 14.1. The van der Waals surface area contributed by atoms with E-state index in [1.807, 2.05) is 12.1 Å². The maximum Gasteiger partial charge on any atom is 0.0915 e. The molecule has 0 bridgehead atoms. The minimum Gasteiger partial charge on any atom is -0.379 e. The average Bonchev–Trinajstić information content (AvgIpc) is 2.35. The predicted molar refractivity (Wildman–Crippen MR) is 82.8 cm³/mol. The van der Waals surface area contributed by atoms with Crippen molar-refractivity contribution < 1.29 is 9.47 Å². The molecule has 1 aromatic carbocycles. The minimum absolute atomic E-state index is 0.161. The van der Waals surface area contributed by atoms with E-state index in [1.165, 1.54) is 5.56 Å². The fraction of sp³-hybridized carbons (Fsp3) is 0.538. The normalized spacial score (nSPS) is 12.6. The second kappa shape index (κ2) is 9.30. The summed E-state index contributed by atoms with van der Waals surface area (Å²) in [4.78, 5) is 0. The number of benzene rings is 1. The van der Waals surface area contributed by atoms with Crippen molar-refractivity contribution in [1.82, 2.24) is 0 Å². The van der Waals surface area contributed by atoms with Gasteiger partial charge in [0, 0.05) is 15.5 Å². The minimum atomic E-state index is 0.161. The van der Waals surface area contributed by atoms with Gasteiger partial charge < -0.3 is 9.47 Å². The first-order valence-corrected chi connectivity index (χ1v) is 8.10. The third kappa shape index (κ3) is 6.18. The van der Waals surface area contributed by atoms with Crippen molar-refractivity contribution in [2.24, 2.45) is 0 Å². The molecule has 0 spiro atoms. The van der Waals surface area contributed by atoms with Crippen molar-refractivity contribution in [3.8, 4) is 0 Å². The zero-order valence-corrected chi connectivity index (χ0v) is 13.7. The Balaban J connectivity index is 2.35. The molecular formula is C13H18BrIO2. The second-order valence-corrected chi connectivity index (χ2v) is 5.47. The van der Waals surface area contributed by atoms with Crippen LogP contribution in [0.5, 0.6) is 0 Å². The summed E-state index contributed by atoms with van der Waals surface area (Å²) in [5, 5.41) is 0. The molecule has 0 aromatic heterocycles. The number of rotatable bonds is 8. The fourth-order valence-corrected chi connectivity index (χ4v) is 2.43. The Hall–Kier alpha value is 0.350. The lowest BCUT2D eigenvalue weighted by Gasteiger charge is -2.16. The van der Waals surface area contributed by atoms with Crippen LogP contribution in [0.1, 0.15) is 25.0 Å². The van der Waals surface area contributed by atoms with Crippen LogP contribution in [-0.4, -0.2) is 24.2 Å². The Morgan fingerprint density at radius 2 is 1.88 bits per heavy atom. The molecule has 1 rings (SSSR count). The third-order valence-corrected chi connectivity index (χ3v) is 3.61. The first-order valence-electron chi connectivity index (χ1n) is 5.78. The number of hydrogen-bond acceptors (Lipinski definition) is 2. The molecule has 0 saturated carbocycles. The van der Waals surface area contributed by atoms with Gasteiger partial charge in [-0.3, -0.25) is 0 Å². The van der Waals surface area contributed by atoms with Crippen LogP contribution in [0.2, 0.25) is 0 Å². The molecule has 2 nitrogen and oxygen atoms in total. The molecule has 0 aliphatic rings. The lowest BCUT2D eigenvalue weighted by molar-refractivity contribution is 0.0147. The number of ether oxygens (including phenoxy) is 2. The molecule has 0 N–H and O–H groups in total. The summed E-state index contributed by atoms with van der Waals surface area (Å²) < 4.78 is 13.3. The molecular weight excluding hydrogens is 395 g/mol. The van der Waals surface area contributed by atoms with Crippen LogP contribution in [0.3, 0.4) is 0 Å². The van der Waals surface area contributed by atoms with Crippen LogP contribution in [0.15, 0.2) is 28.7 Å². The summed E-state index contributed by atoms with van der Waals surface area (Å²) >= 11 is 5.79. The van der Waals surface area contributed by atoms with E-state index < -0.39 is 0 Å². The van der Waals surface area contributed by atoms with E-state index in [4.69, 9.17) is 9.47 Å². The maximum absolute atomic E-state index is 5.82. The standard InChI is InChI=1S/C13H18BrIO2/c1-2-7-16-8-9-17-13(10-15)11-3-5-12(14)6-4-11/h3-6,13H,2,7-10H2,1H3. The molecule has 0 saturated heterocycles. The van der Waals surface area contributed by atoms with Gasteiger partial charge in [-0.1, -0.05) is 57.6 Å². The quantitative estimate of drug-likeness (QED) is 0.358. The van der Waals surface area contributed by atoms with Gasteiger partial charge in [0.1, 0.15) is 0 Å². The van der Waals surface area contributed by atoms with Crippen molar-refractivity contribution in [2.45, 2.75) is 19.4 Å². The zero-order chi connectivity index (χ0) is 12.5. The second-order valence-electron chi connectivity index (χ2n) is 3.68. The van der Waals surface area contributed by atoms with Gasteiger partial charge in [0.2, 0.25) is 0 Å². The summed E-state index contributed by atoms with van der Waals surface area (Å²) in [5.41, 5.74) is 1.22. The molecule has 0 heterocycles. The summed E-state index contributed by atoms with van der Waals surface area (Å²) in [6.07, 6.45) is 1.22. The SMILES string of the molecule is CCCOCCOC(CI)c1ccc(Br)cc1. The molecule has 1 atom stereocenters. The van der Waals surface area contributed by atoms with Crippen LogP contribution in [0.4, 0.5) is 0 Å². The molecule has 1 aromatic rings. The Morgan fingerprint density at radius 1 is 1.18 bits per heavy atom. The van der Waals surface area contributed by atoms with Crippen LogP contribution in [-0.2, 0) is 9.47 Å². The smallest absolute Gasteiger partial charge is 0.0915 e. The first kappa shape index (κ1) is 15.4. The molecule has 1 unspecified atom stereocenters. The van der Waals surface area contributed by atoms with Crippen molar-refractivity contribution in [3.63, 3.8) is 0 Å². The largest absolute Gasteiger partial charge is 0.379 e. The van der Waals surface area contributed by atoms with E-state index in [0.717, 1.165) is 21.9 Å². The van der Waals surface area contributed by atoms with Gasteiger partial charge in [0.25, 0.3) is 0 Å². The van der Waals surface area contributed by atoms with Gasteiger partial charge in [0.05, 0.1) is 19.3 Å². The topological polar surface area (TPSA) is 18.5 Å². The third-order valence-electron chi connectivity index (χ3n) is 2.28. The maximum atomic E-state index is 5.82. The van der Waals surface area contributed by atoms with E-state index in [-0.39, 0.29) is 6.10 Å². The van der Waals surface area contributed by atoms with E-state index >= 15 is 0 Å². The molecule has 0 aliphatic heterocycles. The molecule has 17 heavy (non-hydrogen) atoms. The molecule has 0 fully saturated rings. The number of halogens is 2. The molecule has 0 radical (unpaired) electrons. The Kier molecular flexibility index (Phi) is 8.43. The molecule has 0 amide bonds. The van der Waals surface area contributed by atoms with Crippen molar-refractivity contribution in [1.29, 1.82) is 0 Å². The van der Waals surface area contributed by atoms with Gasteiger partial charge in [-0.05, 0) is 24.1 Å². The lowest BCUT2D eigenvalue weighted by atomic mass is 10.1. The highest BCUT2D eigenvalue weighted by atomic mass is 127. The van der Waals surface area contributed by atoms with Crippen molar-refractivity contribution in [3.05, 3.63) is 34.3 Å². The predicted octanol–water partition coefficient (Wildman–Crippen LogP) is 4.37. The van der Waals surface area contributed by atoms with E-state index in [2.05, 4.69) is 57.6 Å². The summed E-state index contributed by atoms with van der Waals surface area (Å²) in [6, 6.07) is 8.29.